The Kier molecular flexibility index (Phi) is 6.34. The highest BCUT2D eigenvalue weighted by molar-refractivity contribution is 5.95. The van der Waals surface area contributed by atoms with Crippen LogP contribution in [0.5, 0.6) is 5.75 Å². The predicted molar refractivity (Wildman–Crippen MR) is 117 cm³/mol. The van der Waals surface area contributed by atoms with Crippen LogP contribution in [0, 0.1) is 6.92 Å². The van der Waals surface area contributed by atoms with E-state index in [1.165, 1.54) is 16.8 Å². The number of halogens is 2. The summed E-state index contributed by atoms with van der Waals surface area (Å²) in [4.78, 5) is 26.7. The van der Waals surface area contributed by atoms with E-state index in [0.29, 0.717) is 24.3 Å². The first-order valence-electron chi connectivity index (χ1n) is 10.5. The van der Waals surface area contributed by atoms with Gasteiger partial charge in [-0.25, -0.2) is 4.68 Å². The van der Waals surface area contributed by atoms with Crippen molar-refractivity contribution in [2.75, 3.05) is 11.4 Å². The summed E-state index contributed by atoms with van der Waals surface area (Å²) < 4.78 is 30.5. The zero-order chi connectivity index (χ0) is 23.5. The SMILES string of the molecule is Cc1c(C(=O)NC(C)c2cccc(N3CCCC3=O)c2)nnn1-c1ccc(OC(F)F)cc1. The summed E-state index contributed by atoms with van der Waals surface area (Å²) >= 11 is 0. The van der Waals surface area contributed by atoms with Crippen LogP contribution < -0.4 is 15.0 Å². The lowest BCUT2D eigenvalue weighted by Crippen LogP contribution is -2.28. The van der Waals surface area contributed by atoms with Crippen molar-refractivity contribution in [1.29, 1.82) is 0 Å². The summed E-state index contributed by atoms with van der Waals surface area (Å²) in [5.74, 6) is -0.271. The molecule has 4 rings (SSSR count). The molecule has 3 aromatic rings. The number of hydrogen-bond donors (Lipinski definition) is 1. The van der Waals surface area contributed by atoms with E-state index in [1.807, 2.05) is 31.2 Å². The standard InChI is InChI=1S/C23H23F2N5O3/c1-14(16-5-3-6-18(13-16)29-12-4-7-20(29)31)26-22(32)21-15(2)30(28-27-21)17-8-10-19(11-9-17)33-23(24)25/h3,5-6,8-11,13-14,23H,4,7,12H2,1-2H3,(H,26,32). The van der Waals surface area contributed by atoms with Crippen LogP contribution in [0.4, 0.5) is 14.5 Å². The van der Waals surface area contributed by atoms with Gasteiger partial charge in [0.05, 0.1) is 17.4 Å². The van der Waals surface area contributed by atoms with Crippen molar-refractivity contribution in [3.8, 4) is 11.4 Å². The Morgan fingerprint density at radius 1 is 1.15 bits per heavy atom. The van der Waals surface area contributed by atoms with Crippen LogP contribution in [0.3, 0.4) is 0 Å². The molecule has 0 bridgehead atoms. The molecule has 2 aromatic carbocycles. The van der Waals surface area contributed by atoms with Gasteiger partial charge in [0.2, 0.25) is 5.91 Å². The molecule has 33 heavy (non-hydrogen) atoms. The van der Waals surface area contributed by atoms with Crippen LogP contribution in [-0.4, -0.2) is 40.0 Å². The molecular formula is C23H23F2N5O3. The predicted octanol–water partition coefficient (Wildman–Crippen LogP) is 3.79. The van der Waals surface area contributed by atoms with Gasteiger partial charge in [-0.05, 0) is 62.2 Å². The quantitative estimate of drug-likeness (QED) is 0.586. The number of carbonyl (C=O) groups is 2. The molecule has 1 saturated heterocycles. The maximum absolute atomic E-state index is 12.9. The van der Waals surface area contributed by atoms with Crippen LogP contribution >= 0.6 is 0 Å². The van der Waals surface area contributed by atoms with Crippen LogP contribution in [0.15, 0.2) is 48.5 Å². The number of ether oxygens (including phenoxy) is 1. The fourth-order valence-corrected chi connectivity index (χ4v) is 3.78. The largest absolute Gasteiger partial charge is 0.435 e. The number of aromatic nitrogens is 3. The van der Waals surface area contributed by atoms with Crippen molar-refractivity contribution in [3.05, 3.63) is 65.5 Å². The smallest absolute Gasteiger partial charge is 0.387 e. The van der Waals surface area contributed by atoms with Gasteiger partial charge in [-0.3, -0.25) is 9.59 Å². The number of anilines is 1. The number of benzene rings is 2. The van der Waals surface area contributed by atoms with E-state index in [0.717, 1.165) is 17.7 Å². The van der Waals surface area contributed by atoms with Crippen molar-refractivity contribution >= 4 is 17.5 Å². The molecule has 0 radical (unpaired) electrons. The van der Waals surface area contributed by atoms with Gasteiger partial charge in [0.15, 0.2) is 5.69 Å². The maximum atomic E-state index is 12.9. The molecule has 0 saturated carbocycles. The summed E-state index contributed by atoms with van der Waals surface area (Å²) in [6.45, 7) is 1.34. The average Bonchev–Trinajstić information content (AvgIpc) is 3.39. The molecule has 172 valence electrons. The minimum atomic E-state index is -2.90. The first-order chi connectivity index (χ1) is 15.8. The number of rotatable bonds is 7. The topological polar surface area (TPSA) is 89.4 Å². The number of hydrogen-bond acceptors (Lipinski definition) is 5. The third kappa shape index (κ3) is 4.84. The lowest BCUT2D eigenvalue weighted by molar-refractivity contribution is -0.117. The van der Waals surface area contributed by atoms with Gasteiger partial charge >= 0.3 is 6.61 Å². The minimum absolute atomic E-state index is 0.0242. The fraction of sp³-hybridized carbons (Fsp3) is 0.304. The first kappa shape index (κ1) is 22.4. The first-order valence-corrected chi connectivity index (χ1v) is 10.5. The summed E-state index contributed by atoms with van der Waals surface area (Å²) in [6, 6.07) is 13.1. The zero-order valence-corrected chi connectivity index (χ0v) is 18.2. The van der Waals surface area contributed by atoms with Crippen molar-refractivity contribution < 1.29 is 23.1 Å². The molecule has 1 fully saturated rings. The highest BCUT2D eigenvalue weighted by atomic mass is 19.3. The maximum Gasteiger partial charge on any atom is 0.387 e. The van der Waals surface area contributed by atoms with Gasteiger partial charge in [-0.1, -0.05) is 17.3 Å². The summed E-state index contributed by atoms with van der Waals surface area (Å²) in [7, 11) is 0. The van der Waals surface area contributed by atoms with Crippen LogP contribution in [-0.2, 0) is 4.79 Å². The van der Waals surface area contributed by atoms with Crippen LogP contribution in [0.25, 0.3) is 5.69 Å². The molecule has 2 amide bonds. The summed E-state index contributed by atoms with van der Waals surface area (Å²) in [5, 5.41) is 10.9. The number of carbonyl (C=O) groups excluding carboxylic acids is 2. The van der Waals surface area contributed by atoms with Crippen molar-refractivity contribution in [2.24, 2.45) is 0 Å². The molecule has 1 N–H and O–H groups in total. The Labute approximate surface area is 189 Å². The fourth-order valence-electron chi connectivity index (χ4n) is 3.78. The highest BCUT2D eigenvalue weighted by Gasteiger charge is 2.23. The van der Waals surface area contributed by atoms with E-state index in [4.69, 9.17) is 0 Å². The van der Waals surface area contributed by atoms with Gasteiger partial charge in [0.25, 0.3) is 5.91 Å². The minimum Gasteiger partial charge on any atom is -0.435 e. The molecule has 1 atom stereocenters. The third-order valence-electron chi connectivity index (χ3n) is 5.52. The van der Waals surface area contributed by atoms with Crippen molar-refractivity contribution in [3.63, 3.8) is 0 Å². The second kappa shape index (κ2) is 9.35. The normalized spacial score (nSPS) is 14.6. The molecule has 8 nitrogen and oxygen atoms in total. The third-order valence-corrected chi connectivity index (χ3v) is 5.52. The Morgan fingerprint density at radius 3 is 2.58 bits per heavy atom. The Bertz CT molecular complexity index is 1160. The lowest BCUT2D eigenvalue weighted by Gasteiger charge is -2.19. The van der Waals surface area contributed by atoms with Gasteiger partial charge in [-0.15, -0.1) is 5.10 Å². The molecule has 10 heteroatoms. The number of nitrogens with zero attached hydrogens (tertiary/aromatic N) is 4. The van der Waals surface area contributed by atoms with Gasteiger partial charge in [0, 0.05) is 18.7 Å². The molecule has 1 aromatic heterocycles. The van der Waals surface area contributed by atoms with Crippen LogP contribution in [0.2, 0.25) is 0 Å². The second-order valence-electron chi connectivity index (χ2n) is 7.75. The van der Waals surface area contributed by atoms with Crippen molar-refractivity contribution in [1.82, 2.24) is 20.3 Å². The zero-order valence-electron chi connectivity index (χ0n) is 18.2. The average molecular weight is 455 g/mol. The Balaban J connectivity index is 1.47. The molecule has 1 aliphatic heterocycles. The monoisotopic (exact) mass is 455 g/mol. The molecular weight excluding hydrogens is 432 g/mol. The van der Waals surface area contributed by atoms with Gasteiger partial charge in [-0.2, -0.15) is 8.78 Å². The number of nitrogens with one attached hydrogen (secondary N) is 1. The Hall–Kier alpha value is -3.82. The van der Waals surface area contributed by atoms with Gasteiger partial charge < -0.3 is 15.0 Å². The number of alkyl halides is 2. The molecule has 1 aliphatic rings. The highest BCUT2D eigenvalue weighted by Crippen LogP contribution is 2.25. The van der Waals surface area contributed by atoms with E-state index >= 15 is 0 Å². The van der Waals surface area contributed by atoms with E-state index in [-0.39, 0.29) is 23.4 Å². The van der Waals surface area contributed by atoms with Gasteiger partial charge in [0.1, 0.15) is 5.75 Å². The lowest BCUT2D eigenvalue weighted by atomic mass is 10.1. The van der Waals surface area contributed by atoms with Crippen molar-refractivity contribution in [2.45, 2.75) is 39.3 Å². The molecule has 0 aliphatic carbocycles. The second-order valence-corrected chi connectivity index (χ2v) is 7.75. The molecule has 1 unspecified atom stereocenters. The number of amides is 2. The van der Waals surface area contributed by atoms with E-state index in [2.05, 4.69) is 20.4 Å². The van der Waals surface area contributed by atoms with Crippen LogP contribution in [0.1, 0.15) is 47.6 Å². The summed E-state index contributed by atoms with van der Waals surface area (Å²) in [6.07, 6.45) is 1.39. The van der Waals surface area contributed by atoms with E-state index in [1.54, 1.807) is 24.0 Å². The van der Waals surface area contributed by atoms with E-state index < -0.39 is 12.5 Å². The Morgan fingerprint density at radius 2 is 1.91 bits per heavy atom. The molecule has 2 heterocycles. The van der Waals surface area contributed by atoms with E-state index in [9.17, 15) is 18.4 Å². The summed E-state index contributed by atoms with van der Waals surface area (Å²) in [5.41, 5.74) is 2.88. The molecule has 0 spiro atoms.